The third kappa shape index (κ3) is 4.69. The van der Waals surface area contributed by atoms with E-state index in [-0.39, 0.29) is 12.0 Å². The molecule has 6 nitrogen and oxygen atoms in total. The molecule has 1 aliphatic rings. The summed E-state index contributed by atoms with van der Waals surface area (Å²) in [4.78, 5) is 23.0. The van der Waals surface area contributed by atoms with Crippen LogP contribution in [0.5, 0.6) is 0 Å². The fourth-order valence-corrected chi connectivity index (χ4v) is 4.68. The number of benzene rings is 1. The first-order chi connectivity index (χ1) is 14.1. The van der Waals surface area contributed by atoms with Gasteiger partial charge in [-0.3, -0.25) is 4.79 Å². The molecule has 3 heterocycles. The SMILES string of the molecule is Cc1c(C(=O)NCCc2ccc(Cl)cc2)sc2ncnc(NC[C@@H]3CCCO3)c12. The molecule has 0 aliphatic carbocycles. The summed E-state index contributed by atoms with van der Waals surface area (Å²) in [5.41, 5.74) is 2.04. The lowest BCUT2D eigenvalue weighted by Crippen LogP contribution is -2.25. The largest absolute Gasteiger partial charge is 0.376 e. The quantitative estimate of drug-likeness (QED) is 0.587. The number of hydrogen-bond acceptors (Lipinski definition) is 6. The van der Waals surface area contributed by atoms with Crippen LogP contribution in [0.25, 0.3) is 10.2 Å². The summed E-state index contributed by atoms with van der Waals surface area (Å²) < 4.78 is 5.67. The highest BCUT2D eigenvalue weighted by atomic mass is 35.5. The van der Waals surface area contributed by atoms with Gasteiger partial charge in [0.25, 0.3) is 5.91 Å². The van der Waals surface area contributed by atoms with Crippen LogP contribution in [-0.4, -0.2) is 41.7 Å². The molecule has 1 atom stereocenters. The normalized spacial score (nSPS) is 16.3. The maximum Gasteiger partial charge on any atom is 0.261 e. The number of carbonyl (C=O) groups is 1. The van der Waals surface area contributed by atoms with Crippen LogP contribution in [0.3, 0.4) is 0 Å². The summed E-state index contributed by atoms with van der Waals surface area (Å²) in [6, 6.07) is 7.67. The molecule has 4 rings (SSSR count). The van der Waals surface area contributed by atoms with E-state index in [0.717, 1.165) is 53.0 Å². The number of ether oxygens (including phenoxy) is 1. The highest BCUT2D eigenvalue weighted by Gasteiger charge is 2.20. The minimum atomic E-state index is -0.0791. The minimum absolute atomic E-state index is 0.0791. The summed E-state index contributed by atoms with van der Waals surface area (Å²) in [7, 11) is 0. The second-order valence-electron chi connectivity index (χ2n) is 7.11. The van der Waals surface area contributed by atoms with E-state index >= 15 is 0 Å². The molecular formula is C21H23ClN4O2S. The average molecular weight is 431 g/mol. The molecule has 0 spiro atoms. The van der Waals surface area contributed by atoms with Crippen molar-refractivity contribution in [2.45, 2.75) is 32.3 Å². The Hall–Kier alpha value is -2.22. The smallest absolute Gasteiger partial charge is 0.261 e. The number of carbonyl (C=O) groups excluding carboxylic acids is 1. The van der Waals surface area contributed by atoms with E-state index in [1.807, 2.05) is 31.2 Å². The van der Waals surface area contributed by atoms with Gasteiger partial charge in [-0.1, -0.05) is 23.7 Å². The molecule has 1 saturated heterocycles. The van der Waals surface area contributed by atoms with Gasteiger partial charge in [0.15, 0.2) is 0 Å². The molecule has 2 aromatic heterocycles. The standard InChI is InChI=1S/C21H23ClN4O2S/c1-13-17-19(24-11-16-3-2-10-28-16)25-12-26-21(17)29-18(13)20(27)23-9-8-14-4-6-15(22)7-5-14/h4-7,12,16H,2-3,8-11H2,1H3,(H,23,27)(H,24,25,26)/t16-/m0/s1. The third-order valence-electron chi connectivity index (χ3n) is 5.07. The molecule has 0 bridgehead atoms. The Balaban J connectivity index is 1.44. The zero-order chi connectivity index (χ0) is 20.2. The van der Waals surface area contributed by atoms with Crippen LogP contribution in [0.1, 0.15) is 33.6 Å². The number of amides is 1. The highest BCUT2D eigenvalue weighted by molar-refractivity contribution is 7.20. The van der Waals surface area contributed by atoms with E-state index in [9.17, 15) is 4.79 Å². The van der Waals surface area contributed by atoms with Crippen molar-refractivity contribution in [2.75, 3.05) is 25.0 Å². The summed E-state index contributed by atoms with van der Waals surface area (Å²) in [6.07, 6.45) is 4.67. The molecule has 1 aromatic carbocycles. The van der Waals surface area contributed by atoms with Gasteiger partial charge in [0.2, 0.25) is 0 Å². The lowest BCUT2D eigenvalue weighted by atomic mass is 10.1. The van der Waals surface area contributed by atoms with Crippen molar-refractivity contribution in [3.8, 4) is 0 Å². The zero-order valence-electron chi connectivity index (χ0n) is 16.2. The van der Waals surface area contributed by atoms with Gasteiger partial charge in [-0.05, 0) is 49.4 Å². The van der Waals surface area contributed by atoms with E-state index in [0.29, 0.717) is 23.0 Å². The number of hydrogen-bond donors (Lipinski definition) is 2. The van der Waals surface area contributed by atoms with Crippen LogP contribution >= 0.6 is 22.9 Å². The van der Waals surface area contributed by atoms with E-state index in [1.54, 1.807) is 6.33 Å². The van der Waals surface area contributed by atoms with Crippen molar-refractivity contribution in [2.24, 2.45) is 0 Å². The maximum atomic E-state index is 12.7. The number of halogens is 1. The number of nitrogens with one attached hydrogen (secondary N) is 2. The number of nitrogens with zero attached hydrogens (tertiary/aromatic N) is 2. The van der Waals surface area contributed by atoms with Crippen molar-refractivity contribution in [3.05, 3.63) is 51.6 Å². The van der Waals surface area contributed by atoms with Gasteiger partial charge in [-0.15, -0.1) is 11.3 Å². The van der Waals surface area contributed by atoms with E-state index in [1.165, 1.54) is 11.3 Å². The van der Waals surface area contributed by atoms with Gasteiger partial charge in [0.1, 0.15) is 17.0 Å². The molecule has 0 saturated carbocycles. The number of rotatable bonds is 7. The Kier molecular flexibility index (Phi) is 6.28. The molecule has 1 amide bonds. The Bertz CT molecular complexity index is 1000. The van der Waals surface area contributed by atoms with Gasteiger partial charge in [0.05, 0.1) is 16.4 Å². The lowest BCUT2D eigenvalue weighted by molar-refractivity contribution is 0.0957. The summed E-state index contributed by atoms with van der Waals surface area (Å²) in [6.45, 7) is 4.05. The Morgan fingerprint density at radius 3 is 2.90 bits per heavy atom. The number of anilines is 1. The van der Waals surface area contributed by atoms with Crippen molar-refractivity contribution in [1.82, 2.24) is 15.3 Å². The van der Waals surface area contributed by atoms with Crippen LogP contribution in [-0.2, 0) is 11.2 Å². The van der Waals surface area contributed by atoms with Crippen LogP contribution in [0.4, 0.5) is 5.82 Å². The average Bonchev–Trinajstić information content (AvgIpc) is 3.36. The van der Waals surface area contributed by atoms with Crippen LogP contribution in [0.2, 0.25) is 5.02 Å². The Morgan fingerprint density at radius 2 is 2.14 bits per heavy atom. The maximum absolute atomic E-state index is 12.7. The molecule has 3 aromatic rings. The van der Waals surface area contributed by atoms with Gasteiger partial charge in [0, 0.05) is 24.7 Å². The minimum Gasteiger partial charge on any atom is -0.376 e. The first-order valence-electron chi connectivity index (χ1n) is 9.74. The molecule has 0 radical (unpaired) electrons. The molecule has 152 valence electrons. The molecule has 2 N–H and O–H groups in total. The fourth-order valence-electron chi connectivity index (χ4n) is 3.49. The highest BCUT2D eigenvalue weighted by Crippen LogP contribution is 2.33. The molecule has 29 heavy (non-hydrogen) atoms. The van der Waals surface area contributed by atoms with Gasteiger partial charge in [-0.25, -0.2) is 9.97 Å². The second-order valence-corrected chi connectivity index (χ2v) is 8.54. The molecular weight excluding hydrogens is 408 g/mol. The lowest BCUT2D eigenvalue weighted by Gasteiger charge is -2.12. The van der Waals surface area contributed by atoms with E-state index < -0.39 is 0 Å². The summed E-state index contributed by atoms with van der Waals surface area (Å²) in [5.74, 6) is 0.684. The fraction of sp³-hybridized carbons (Fsp3) is 0.381. The Morgan fingerprint density at radius 1 is 1.31 bits per heavy atom. The van der Waals surface area contributed by atoms with Crippen LogP contribution < -0.4 is 10.6 Å². The molecule has 0 unspecified atom stereocenters. The number of fused-ring (bicyclic) bond motifs is 1. The number of aromatic nitrogens is 2. The number of thiophene rings is 1. The zero-order valence-corrected chi connectivity index (χ0v) is 17.8. The second kappa shape index (κ2) is 9.07. The third-order valence-corrected chi connectivity index (χ3v) is 6.52. The van der Waals surface area contributed by atoms with Crippen molar-refractivity contribution >= 4 is 44.9 Å². The molecule has 1 aliphatic heterocycles. The molecule has 8 heteroatoms. The van der Waals surface area contributed by atoms with Gasteiger partial charge >= 0.3 is 0 Å². The molecule has 1 fully saturated rings. The Labute approximate surface area is 178 Å². The van der Waals surface area contributed by atoms with Gasteiger partial charge in [-0.2, -0.15) is 0 Å². The van der Waals surface area contributed by atoms with Crippen molar-refractivity contribution in [3.63, 3.8) is 0 Å². The van der Waals surface area contributed by atoms with Crippen LogP contribution in [0, 0.1) is 6.92 Å². The van der Waals surface area contributed by atoms with Gasteiger partial charge < -0.3 is 15.4 Å². The number of aryl methyl sites for hydroxylation is 1. The first-order valence-corrected chi connectivity index (χ1v) is 10.9. The van der Waals surface area contributed by atoms with Crippen molar-refractivity contribution in [1.29, 1.82) is 0 Å². The summed E-state index contributed by atoms with van der Waals surface area (Å²) in [5, 5.41) is 8.02. The summed E-state index contributed by atoms with van der Waals surface area (Å²) >= 11 is 7.31. The van der Waals surface area contributed by atoms with Crippen LogP contribution in [0.15, 0.2) is 30.6 Å². The van der Waals surface area contributed by atoms with E-state index in [4.69, 9.17) is 16.3 Å². The topological polar surface area (TPSA) is 76.1 Å². The predicted octanol–water partition coefficient (Wildman–Crippen LogP) is 4.22. The predicted molar refractivity (Wildman–Crippen MR) is 117 cm³/mol. The monoisotopic (exact) mass is 430 g/mol. The van der Waals surface area contributed by atoms with E-state index in [2.05, 4.69) is 20.6 Å². The first kappa shape index (κ1) is 20.1. The van der Waals surface area contributed by atoms with Crippen molar-refractivity contribution < 1.29 is 9.53 Å².